The van der Waals surface area contributed by atoms with Crippen LogP contribution < -0.4 is 10.2 Å². The molecule has 126 valence electrons. The molecule has 1 aromatic carbocycles. The second-order valence-corrected chi connectivity index (χ2v) is 5.86. The van der Waals surface area contributed by atoms with Crippen LogP contribution in [-0.4, -0.2) is 28.5 Å². The van der Waals surface area contributed by atoms with Gasteiger partial charge in [0.15, 0.2) is 0 Å². The lowest BCUT2D eigenvalue weighted by Crippen LogP contribution is -2.32. The van der Waals surface area contributed by atoms with E-state index in [0.717, 1.165) is 12.4 Å². The molecule has 0 atom stereocenters. The van der Waals surface area contributed by atoms with Crippen molar-refractivity contribution in [3.63, 3.8) is 0 Å². The van der Waals surface area contributed by atoms with E-state index in [1.807, 2.05) is 18.2 Å². The van der Waals surface area contributed by atoms with E-state index in [0.29, 0.717) is 18.1 Å². The number of hydrogen-bond acceptors (Lipinski definition) is 4. The van der Waals surface area contributed by atoms with Gasteiger partial charge in [0.25, 0.3) is 5.91 Å². The van der Waals surface area contributed by atoms with Gasteiger partial charge in [-0.3, -0.25) is 4.79 Å². The highest BCUT2D eigenvalue weighted by atomic mass is 16.1. The Morgan fingerprint density at radius 2 is 2.00 bits per heavy atom. The topological polar surface area (TPSA) is 58.1 Å². The average molecular weight is 324 g/mol. The Hall–Kier alpha value is -2.69. The predicted molar refractivity (Wildman–Crippen MR) is 97.1 cm³/mol. The Morgan fingerprint density at radius 3 is 2.62 bits per heavy atom. The molecule has 0 aliphatic carbocycles. The first-order valence-electron chi connectivity index (χ1n) is 8.06. The molecule has 1 amide bonds. The van der Waals surface area contributed by atoms with E-state index in [4.69, 9.17) is 0 Å². The number of anilines is 1. The highest BCUT2D eigenvalue weighted by molar-refractivity contribution is 5.93. The summed E-state index contributed by atoms with van der Waals surface area (Å²) in [6, 6.07) is 12.2. The highest BCUT2D eigenvalue weighted by Crippen LogP contribution is 2.19. The average Bonchev–Trinajstić information content (AvgIpc) is 2.57. The van der Waals surface area contributed by atoms with E-state index in [-0.39, 0.29) is 11.9 Å². The van der Waals surface area contributed by atoms with Crippen LogP contribution in [0, 0.1) is 6.92 Å². The van der Waals surface area contributed by atoms with Crippen LogP contribution in [0.5, 0.6) is 0 Å². The van der Waals surface area contributed by atoms with E-state index in [9.17, 15) is 4.79 Å². The number of hydrogen-bond donors (Lipinski definition) is 1. The largest absolute Gasteiger partial charge is 0.350 e. The number of carbonyl (C=O) groups is 1. The number of benzene rings is 1. The summed E-state index contributed by atoms with van der Waals surface area (Å²) in [5.41, 5.74) is 1.57. The first-order valence-corrected chi connectivity index (χ1v) is 8.06. The lowest BCUT2D eigenvalue weighted by Gasteiger charge is -2.28. The minimum Gasteiger partial charge on any atom is -0.350 e. The Kier molecular flexibility index (Phi) is 6.07. The molecule has 1 N–H and O–H groups in total. The zero-order chi connectivity index (χ0) is 17.5. The fraction of sp³-hybridized carbons (Fsp3) is 0.316. The van der Waals surface area contributed by atoms with Crippen molar-refractivity contribution in [1.29, 1.82) is 0 Å². The molecule has 0 saturated carbocycles. The summed E-state index contributed by atoms with van der Waals surface area (Å²) in [6.45, 7) is 10.8. The Balaban J connectivity index is 2.31. The summed E-state index contributed by atoms with van der Waals surface area (Å²) in [4.78, 5) is 23.1. The van der Waals surface area contributed by atoms with Crippen molar-refractivity contribution >= 4 is 11.7 Å². The Bertz CT molecular complexity index is 698. The Labute approximate surface area is 143 Å². The van der Waals surface area contributed by atoms with Gasteiger partial charge in [0, 0.05) is 25.2 Å². The number of amides is 1. The maximum Gasteiger partial charge on any atom is 0.270 e. The van der Waals surface area contributed by atoms with Crippen LogP contribution in [0.3, 0.4) is 0 Å². The summed E-state index contributed by atoms with van der Waals surface area (Å²) in [5.74, 6) is 1.12. The second kappa shape index (κ2) is 8.24. The van der Waals surface area contributed by atoms with Crippen LogP contribution in [0.15, 0.2) is 49.1 Å². The molecule has 0 spiro atoms. The highest BCUT2D eigenvalue weighted by Gasteiger charge is 2.17. The molecule has 2 aromatic rings. The molecule has 0 fully saturated rings. The zero-order valence-electron chi connectivity index (χ0n) is 14.5. The van der Waals surface area contributed by atoms with Crippen molar-refractivity contribution in [3.8, 4) is 0 Å². The van der Waals surface area contributed by atoms with Crippen LogP contribution in [0.1, 0.15) is 35.7 Å². The summed E-state index contributed by atoms with van der Waals surface area (Å²) < 4.78 is 0. The number of aryl methyl sites for hydroxylation is 1. The van der Waals surface area contributed by atoms with Crippen molar-refractivity contribution in [2.75, 3.05) is 11.4 Å². The van der Waals surface area contributed by atoms with E-state index in [1.165, 1.54) is 5.56 Å². The molecular weight excluding hydrogens is 300 g/mol. The lowest BCUT2D eigenvalue weighted by atomic mass is 10.2. The molecule has 1 aromatic heterocycles. The maximum atomic E-state index is 12.2. The molecule has 24 heavy (non-hydrogen) atoms. The van der Waals surface area contributed by atoms with Crippen LogP contribution in [0.25, 0.3) is 0 Å². The van der Waals surface area contributed by atoms with Gasteiger partial charge in [-0.05, 0) is 26.3 Å². The number of rotatable bonds is 7. The quantitative estimate of drug-likeness (QED) is 0.795. The summed E-state index contributed by atoms with van der Waals surface area (Å²) in [7, 11) is 0. The van der Waals surface area contributed by atoms with Crippen LogP contribution in [0.4, 0.5) is 5.82 Å². The van der Waals surface area contributed by atoms with Crippen molar-refractivity contribution in [1.82, 2.24) is 15.3 Å². The molecule has 2 rings (SSSR count). The molecule has 0 unspecified atom stereocenters. The molecule has 0 bridgehead atoms. The SMILES string of the molecule is C=CCNC(=O)c1cc(N(Cc2ccccc2)C(C)C)nc(C)n1. The van der Waals surface area contributed by atoms with Gasteiger partial charge in [0.1, 0.15) is 17.3 Å². The minimum atomic E-state index is -0.218. The number of nitrogens with zero attached hydrogens (tertiary/aromatic N) is 3. The molecule has 0 aliphatic heterocycles. The third-order valence-corrected chi connectivity index (χ3v) is 3.58. The fourth-order valence-electron chi connectivity index (χ4n) is 2.38. The number of aromatic nitrogens is 2. The summed E-state index contributed by atoms with van der Waals surface area (Å²) >= 11 is 0. The molecule has 1 heterocycles. The van der Waals surface area contributed by atoms with Gasteiger partial charge in [0.05, 0.1) is 0 Å². The summed E-state index contributed by atoms with van der Waals surface area (Å²) in [6.07, 6.45) is 1.64. The normalized spacial score (nSPS) is 10.5. The van der Waals surface area contributed by atoms with E-state index in [1.54, 1.807) is 19.1 Å². The van der Waals surface area contributed by atoms with Gasteiger partial charge in [-0.1, -0.05) is 36.4 Å². The third kappa shape index (κ3) is 4.65. The van der Waals surface area contributed by atoms with Gasteiger partial charge in [0.2, 0.25) is 0 Å². The molecule has 5 heteroatoms. The van der Waals surface area contributed by atoms with E-state index >= 15 is 0 Å². The molecule has 0 saturated heterocycles. The van der Waals surface area contributed by atoms with Crippen molar-refractivity contribution < 1.29 is 4.79 Å². The molecule has 0 radical (unpaired) electrons. The summed E-state index contributed by atoms with van der Waals surface area (Å²) in [5, 5.41) is 2.76. The first-order chi connectivity index (χ1) is 11.5. The molecule has 0 aliphatic rings. The van der Waals surface area contributed by atoms with Gasteiger partial charge < -0.3 is 10.2 Å². The van der Waals surface area contributed by atoms with E-state index < -0.39 is 0 Å². The lowest BCUT2D eigenvalue weighted by molar-refractivity contribution is 0.0952. The zero-order valence-corrected chi connectivity index (χ0v) is 14.5. The van der Waals surface area contributed by atoms with Crippen LogP contribution in [0.2, 0.25) is 0 Å². The fourth-order valence-corrected chi connectivity index (χ4v) is 2.38. The third-order valence-electron chi connectivity index (χ3n) is 3.58. The van der Waals surface area contributed by atoms with Crippen molar-refractivity contribution in [2.24, 2.45) is 0 Å². The first kappa shape index (κ1) is 17.7. The standard InChI is InChI=1S/C19H24N4O/c1-5-11-20-19(24)17-12-18(22-15(4)21-17)23(14(2)3)13-16-9-7-6-8-10-16/h5-10,12,14H,1,11,13H2,2-4H3,(H,20,24). The second-order valence-electron chi connectivity index (χ2n) is 5.86. The smallest absolute Gasteiger partial charge is 0.270 e. The minimum absolute atomic E-state index is 0.218. The van der Waals surface area contributed by atoms with Gasteiger partial charge in [-0.2, -0.15) is 0 Å². The van der Waals surface area contributed by atoms with Crippen molar-refractivity contribution in [3.05, 3.63) is 66.1 Å². The van der Waals surface area contributed by atoms with Gasteiger partial charge in [-0.25, -0.2) is 9.97 Å². The number of carbonyl (C=O) groups excluding carboxylic acids is 1. The molecule has 5 nitrogen and oxygen atoms in total. The Morgan fingerprint density at radius 1 is 1.29 bits per heavy atom. The van der Waals surface area contributed by atoms with E-state index in [2.05, 4.69) is 52.7 Å². The molecular formula is C19H24N4O. The number of nitrogens with one attached hydrogen (secondary N) is 1. The maximum absolute atomic E-state index is 12.2. The van der Waals surface area contributed by atoms with Crippen LogP contribution in [-0.2, 0) is 6.54 Å². The predicted octanol–water partition coefficient (Wildman–Crippen LogP) is 3.12. The van der Waals surface area contributed by atoms with Gasteiger partial charge in [-0.15, -0.1) is 6.58 Å². The van der Waals surface area contributed by atoms with Crippen LogP contribution >= 0.6 is 0 Å². The monoisotopic (exact) mass is 324 g/mol. The van der Waals surface area contributed by atoms with Gasteiger partial charge >= 0.3 is 0 Å². The van der Waals surface area contributed by atoms with Crippen molar-refractivity contribution in [2.45, 2.75) is 33.4 Å².